The number of Topliss-reactive ketones (excluding diaryl/α,β-unsaturated/α-hetero) is 1. The molecule has 1 fully saturated rings. The highest BCUT2D eigenvalue weighted by Gasteiger charge is 2.24. The normalized spacial score (nSPS) is 23.8. The van der Waals surface area contributed by atoms with Crippen molar-refractivity contribution >= 4 is 11.5 Å². The predicted octanol–water partition coefficient (Wildman–Crippen LogP) is 3.24. The molecular formula is C16H23FN2O. The molecule has 1 saturated heterocycles. The molecule has 1 aliphatic rings. The van der Waals surface area contributed by atoms with Crippen LogP contribution in [0.3, 0.4) is 0 Å². The molecule has 0 radical (unpaired) electrons. The third kappa shape index (κ3) is 3.37. The molecule has 2 N–H and O–H groups in total. The maximum atomic E-state index is 13.1. The molecule has 0 aromatic heterocycles. The van der Waals surface area contributed by atoms with Crippen molar-refractivity contribution in [2.24, 2.45) is 0 Å². The van der Waals surface area contributed by atoms with Crippen LogP contribution in [-0.2, 0) is 0 Å². The van der Waals surface area contributed by atoms with E-state index >= 15 is 0 Å². The molecule has 1 aromatic carbocycles. The van der Waals surface area contributed by atoms with Crippen molar-refractivity contribution in [2.45, 2.75) is 51.6 Å². The van der Waals surface area contributed by atoms with Crippen molar-refractivity contribution in [1.29, 1.82) is 0 Å². The van der Waals surface area contributed by atoms with Crippen LogP contribution in [0.15, 0.2) is 18.2 Å². The van der Waals surface area contributed by atoms with Gasteiger partial charge in [-0.2, -0.15) is 0 Å². The summed E-state index contributed by atoms with van der Waals surface area (Å²) in [5, 5.41) is 0. The number of anilines is 1. The highest BCUT2D eigenvalue weighted by atomic mass is 19.1. The second-order valence-electron chi connectivity index (χ2n) is 5.78. The van der Waals surface area contributed by atoms with Crippen molar-refractivity contribution in [3.8, 4) is 0 Å². The summed E-state index contributed by atoms with van der Waals surface area (Å²) in [6.07, 6.45) is 4.12. The number of ketones is 1. The lowest BCUT2D eigenvalue weighted by atomic mass is 9.96. The van der Waals surface area contributed by atoms with Crippen LogP contribution in [0.2, 0.25) is 0 Å². The summed E-state index contributed by atoms with van der Waals surface area (Å²) >= 11 is 0. The highest BCUT2D eigenvalue weighted by Crippen LogP contribution is 2.23. The number of rotatable bonds is 4. The molecule has 3 nitrogen and oxygen atoms in total. The molecule has 2 atom stereocenters. The van der Waals surface area contributed by atoms with Gasteiger partial charge in [-0.15, -0.1) is 0 Å². The van der Waals surface area contributed by atoms with E-state index in [1.54, 1.807) is 0 Å². The Balaban J connectivity index is 1.95. The SMILES string of the molecule is CC1CCCC(C)N1CCC(=O)c1ccc(F)c(N)c1. The van der Waals surface area contributed by atoms with E-state index in [-0.39, 0.29) is 11.5 Å². The van der Waals surface area contributed by atoms with Gasteiger partial charge in [-0.05, 0) is 44.9 Å². The molecule has 0 spiro atoms. The third-order valence-corrected chi connectivity index (χ3v) is 4.29. The molecule has 4 heteroatoms. The van der Waals surface area contributed by atoms with Crippen LogP contribution >= 0.6 is 0 Å². The minimum absolute atomic E-state index is 0.0293. The third-order valence-electron chi connectivity index (χ3n) is 4.29. The number of nitrogens with zero attached hydrogens (tertiary/aromatic N) is 1. The number of carbonyl (C=O) groups excluding carboxylic acids is 1. The summed E-state index contributed by atoms with van der Waals surface area (Å²) in [6, 6.07) is 5.27. The van der Waals surface area contributed by atoms with Crippen LogP contribution in [0.5, 0.6) is 0 Å². The number of likely N-dealkylation sites (tertiary alicyclic amines) is 1. The molecule has 20 heavy (non-hydrogen) atoms. The fourth-order valence-electron chi connectivity index (χ4n) is 3.01. The number of piperidine rings is 1. The van der Waals surface area contributed by atoms with E-state index in [0.717, 1.165) is 6.54 Å². The van der Waals surface area contributed by atoms with Crippen LogP contribution in [-0.4, -0.2) is 29.3 Å². The topological polar surface area (TPSA) is 46.3 Å². The summed E-state index contributed by atoms with van der Waals surface area (Å²) in [4.78, 5) is 14.6. The lowest BCUT2D eigenvalue weighted by molar-refractivity contribution is 0.0839. The van der Waals surface area contributed by atoms with Crippen LogP contribution < -0.4 is 5.73 Å². The van der Waals surface area contributed by atoms with Crippen LogP contribution in [0.1, 0.15) is 49.9 Å². The molecule has 2 rings (SSSR count). The summed E-state index contributed by atoms with van der Waals surface area (Å²) < 4.78 is 13.1. The molecular weight excluding hydrogens is 255 g/mol. The molecule has 0 aliphatic carbocycles. The molecule has 0 saturated carbocycles. The molecule has 110 valence electrons. The van der Waals surface area contributed by atoms with Gasteiger partial charge in [0.2, 0.25) is 0 Å². The van der Waals surface area contributed by atoms with E-state index < -0.39 is 5.82 Å². The highest BCUT2D eigenvalue weighted by molar-refractivity contribution is 5.96. The number of benzene rings is 1. The Kier molecular flexibility index (Phi) is 4.76. The molecule has 0 bridgehead atoms. The zero-order valence-corrected chi connectivity index (χ0v) is 12.2. The lowest BCUT2D eigenvalue weighted by Gasteiger charge is -2.38. The molecule has 0 amide bonds. The quantitative estimate of drug-likeness (QED) is 0.679. The Bertz CT molecular complexity index is 479. The van der Waals surface area contributed by atoms with Gasteiger partial charge in [0.15, 0.2) is 5.78 Å². The zero-order chi connectivity index (χ0) is 14.7. The van der Waals surface area contributed by atoms with Crippen LogP contribution in [0.25, 0.3) is 0 Å². The second-order valence-corrected chi connectivity index (χ2v) is 5.78. The van der Waals surface area contributed by atoms with E-state index in [4.69, 9.17) is 5.73 Å². The van der Waals surface area contributed by atoms with E-state index in [1.807, 2.05) is 0 Å². The van der Waals surface area contributed by atoms with Gasteiger partial charge < -0.3 is 5.73 Å². The largest absolute Gasteiger partial charge is 0.396 e. The maximum absolute atomic E-state index is 13.1. The molecule has 1 heterocycles. The van der Waals surface area contributed by atoms with Gasteiger partial charge in [-0.3, -0.25) is 9.69 Å². The van der Waals surface area contributed by atoms with Gasteiger partial charge >= 0.3 is 0 Å². The fraction of sp³-hybridized carbons (Fsp3) is 0.562. The lowest BCUT2D eigenvalue weighted by Crippen LogP contribution is -2.44. The van der Waals surface area contributed by atoms with Crippen LogP contribution in [0, 0.1) is 5.82 Å². The Morgan fingerprint density at radius 2 is 2.00 bits per heavy atom. The van der Waals surface area contributed by atoms with Crippen molar-refractivity contribution in [2.75, 3.05) is 12.3 Å². The number of hydrogen-bond donors (Lipinski definition) is 1. The number of nitrogen functional groups attached to an aromatic ring is 1. The first kappa shape index (κ1) is 15.0. The summed E-state index contributed by atoms with van der Waals surface area (Å²) in [5.41, 5.74) is 6.04. The number of carbonyl (C=O) groups is 1. The number of hydrogen-bond acceptors (Lipinski definition) is 3. The molecule has 1 aliphatic heterocycles. The van der Waals surface area contributed by atoms with E-state index in [0.29, 0.717) is 24.1 Å². The van der Waals surface area contributed by atoms with Crippen LogP contribution in [0.4, 0.5) is 10.1 Å². The van der Waals surface area contributed by atoms with Gasteiger partial charge in [-0.1, -0.05) is 6.42 Å². The molecule has 1 aromatic rings. The summed E-state index contributed by atoms with van der Waals surface area (Å²) in [7, 11) is 0. The van der Waals surface area contributed by atoms with Crippen molar-refractivity contribution in [3.63, 3.8) is 0 Å². The van der Waals surface area contributed by atoms with Gasteiger partial charge in [0.1, 0.15) is 5.82 Å². The summed E-state index contributed by atoms with van der Waals surface area (Å²) in [5.74, 6) is -0.443. The fourth-order valence-corrected chi connectivity index (χ4v) is 3.01. The standard InChI is InChI=1S/C16H23FN2O/c1-11-4-3-5-12(2)19(11)9-8-16(20)13-6-7-14(17)15(18)10-13/h6-7,10-12H,3-5,8-9,18H2,1-2H3. The first-order valence-corrected chi connectivity index (χ1v) is 7.33. The average Bonchev–Trinajstić information content (AvgIpc) is 2.41. The van der Waals surface area contributed by atoms with E-state index in [1.165, 1.54) is 37.5 Å². The van der Waals surface area contributed by atoms with Crippen molar-refractivity contribution in [3.05, 3.63) is 29.6 Å². The van der Waals surface area contributed by atoms with E-state index in [9.17, 15) is 9.18 Å². The Labute approximate surface area is 120 Å². The number of nitrogens with two attached hydrogens (primary N) is 1. The predicted molar refractivity (Wildman–Crippen MR) is 79.2 cm³/mol. The van der Waals surface area contributed by atoms with Gasteiger partial charge in [-0.25, -0.2) is 4.39 Å². The Morgan fingerprint density at radius 3 is 2.60 bits per heavy atom. The minimum atomic E-state index is -0.472. The monoisotopic (exact) mass is 278 g/mol. The molecule has 2 unspecified atom stereocenters. The van der Waals surface area contributed by atoms with Gasteiger partial charge in [0.25, 0.3) is 0 Å². The second kappa shape index (κ2) is 6.35. The Hall–Kier alpha value is -1.42. The van der Waals surface area contributed by atoms with Gasteiger partial charge in [0, 0.05) is 30.6 Å². The zero-order valence-electron chi connectivity index (χ0n) is 12.2. The number of halogens is 1. The first-order chi connectivity index (χ1) is 9.49. The van der Waals surface area contributed by atoms with Gasteiger partial charge in [0.05, 0.1) is 5.69 Å². The minimum Gasteiger partial charge on any atom is -0.396 e. The average molecular weight is 278 g/mol. The smallest absolute Gasteiger partial charge is 0.164 e. The maximum Gasteiger partial charge on any atom is 0.164 e. The van der Waals surface area contributed by atoms with Crippen molar-refractivity contribution < 1.29 is 9.18 Å². The van der Waals surface area contributed by atoms with Crippen molar-refractivity contribution in [1.82, 2.24) is 4.90 Å². The summed E-state index contributed by atoms with van der Waals surface area (Å²) in [6.45, 7) is 5.20. The van der Waals surface area contributed by atoms with E-state index in [2.05, 4.69) is 18.7 Å². The first-order valence-electron chi connectivity index (χ1n) is 7.33. The Morgan fingerprint density at radius 1 is 1.35 bits per heavy atom.